The third-order valence-corrected chi connectivity index (χ3v) is 13.8. The fraction of sp³-hybridized carbons (Fsp3) is 0.831. The maximum atomic E-state index is 12.8. The summed E-state index contributed by atoms with van der Waals surface area (Å²) in [7, 11) is 0. The van der Waals surface area contributed by atoms with Crippen LogP contribution >= 0.6 is 0 Å². The van der Waals surface area contributed by atoms with E-state index in [0.717, 1.165) is 89.9 Å². The SMILES string of the molecule is CCC/C=C\CCCCCCCC(=O)OC(COC(=O)CCCCCCCCCCCC)COC(=O)CCCCCCCCCCCCCCCCCCCC/C=C\C/C=C\C/C=C\CCCCCCC. The van der Waals surface area contributed by atoms with Crippen LogP contribution in [-0.4, -0.2) is 37.2 Å². The van der Waals surface area contributed by atoms with Gasteiger partial charge in [0, 0.05) is 19.3 Å². The Morgan fingerprint density at radius 2 is 0.535 bits per heavy atom. The molecule has 6 heteroatoms. The predicted octanol–water partition coefficient (Wildman–Crippen LogP) is 21.0. The molecule has 0 aliphatic carbocycles. The number of hydrogen-bond donors (Lipinski definition) is 0. The predicted molar refractivity (Wildman–Crippen MR) is 307 cm³/mol. The van der Waals surface area contributed by atoms with Gasteiger partial charge in [-0.2, -0.15) is 0 Å². The zero-order chi connectivity index (χ0) is 51.4. The van der Waals surface area contributed by atoms with Crippen molar-refractivity contribution in [3.63, 3.8) is 0 Å². The third kappa shape index (κ3) is 58.1. The van der Waals surface area contributed by atoms with Crippen molar-refractivity contribution >= 4 is 17.9 Å². The van der Waals surface area contributed by atoms with Crippen LogP contribution in [0.3, 0.4) is 0 Å². The van der Waals surface area contributed by atoms with Crippen molar-refractivity contribution in [2.45, 2.75) is 335 Å². The van der Waals surface area contributed by atoms with Crippen LogP contribution in [-0.2, 0) is 28.6 Å². The molecule has 0 aromatic heterocycles. The number of rotatable bonds is 57. The molecule has 0 amide bonds. The summed E-state index contributed by atoms with van der Waals surface area (Å²) in [4.78, 5) is 38.0. The topological polar surface area (TPSA) is 78.9 Å². The van der Waals surface area contributed by atoms with Crippen molar-refractivity contribution in [1.29, 1.82) is 0 Å². The van der Waals surface area contributed by atoms with Crippen LogP contribution in [0.2, 0.25) is 0 Å². The van der Waals surface area contributed by atoms with Gasteiger partial charge in [-0.1, -0.05) is 281 Å². The number of esters is 3. The Kier molecular flexibility index (Phi) is 57.7. The van der Waals surface area contributed by atoms with E-state index in [4.69, 9.17) is 14.2 Å². The number of carbonyl (C=O) groups is 3. The van der Waals surface area contributed by atoms with Gasteiger partial charge in [0.05, 0.1) is 0 Å². The van der Waals surface area contributed by atoms with Crippen LogP contribution in [0, 0.1) is 0 Å². The smallest absolute Gasteiger partial charge is 0.306 e. The van der Waals surface area contributed by atoms with Crippen molar-refractivity contribution in [3.05, 3.63) is 48.6 Å². The van der Waals surface area contributed by atoms with Crippen LogP contribution in [0.5, 0.6) is 0 Å². The Bertz CT molecular complexity index is 1230. The molecule has 0 spiro atoms. The van der Waals surface area contributed by atoms with Crippen LogP contribution in [0.25, 0.3) is 0 Å². The molecule has 0 rings (SSSR count). The molecule has 0 aromatic rings. The van der Waals surface area contributed by atoms with E-state index >= 15 is 0 Å². The summed E-state index contributed by atoms with van der Waals surface area (Å²) in [6, 6.07) is 0. The summed E-state index contributed by atoms with van der Waals surface area (Å²) >= 11 is 0. The van der Waals surface area contributed by atoms with Crippen molar-refractivity contribution in [3.8, 4) is 0 Å². The summed E-state index contributed by atoms with van der Waals surface area (Å²) in [5, 5.41) is 0. The van der Waals surface area contributed by atoms with Gasteiger partial charge < -0.3 is 14.2 Å². The van der Waals surface area contributed by atoms with Gasteiger partial charge in [0.1, 0.15) is 13.2 Å². The van der Waals surface area contributed by atoms with Gasteiger partial charge in [-0.3, -0.25) is 14.4 Å². The summed E-state index contributed by atoms with van der Waals surface area (Å²) in [6.45, 7) is 6.58. The highest BCUT2D eigenvalue weighted by molar-refractivity contribution is 5.71. The normalized spacial score (nSPS) is 12.3. The quantitative estimate of drug-likeness (QED) is 0.0261. The Hall–Kier alpha value is -2.63. The minimum absolute atomic E-state index is 0.0721. The van der Waals surface area contributed by atoms with Crippen molar-refractivity contribution in [2.75, 3.05) is 13.2 Å². The van der Waals surface area contributed by atoms with Crippen LogP contribution < -0.4 is 0 Å². The zero-order valence-electron chi connectivity index (χ0n) is 47.5. The minimum atomic E-state index is -0.771. The van der Waals surface area contributed by atoms with Gasteiger partial charge in [-0.15, -0.1) is 0 Å². The number of carbonyl (C=O) groups excluding carboxylic acids is 3. The van der Waals surface area contributed by atoms with Crippen molar-refractivity contribution in [1.82, 2.24) is 0 Å². The molecule has 0 aliphatic heterocycles. The molecule has 0 aromatic carbocycles. The third-order valence-electron chi connectivity index (χ3n) is 13.8. The van der Waals surface area contributed by atoms with Crippen LogP contribution in [0.15, 0.2) is 48.6 Å². The Balaban J connectivity index is 3.97. The van der Waals surface area contributed by atoms with Gasteiger partial charge >= 0.3 is 17.9 Å². The molecule has 0 aliphatic rings. The van der Waals surface area contributed by atoms with E-state index in [2.05, 4.69) is 69.4 Å². The number of hydrogen-bond acceptors (Lipinski definition) is 6. The fourth-order valence-corrected chi connectivity index (χ4v) is 9.10. The second-order valence-electron chi connectivity index (χ2n) is 21.0. The van der Waals surface area contributed by atoms with Gasteiger partial charge in [-0.25, -0.2) is 0 Å². The first-order valence-corrected chi connectivity index (χ1v) is 31.1. The van der Waals surface area contributed by atoms with E-state index in [0.29, 0.717) is 19.3 Å². The molecular weight excluding hydrogens is 877 g/mol. The highest BCUT2D eigenvalue weighted by Crippen LogP contribution is 2.17. The molecule has 0 N–H and O–H groups in total. The first-order valence-electron chi connectivity index (χ1n) is 31.1. The van der Waals surface area contributed by atoms with Gasteiger partial charge in [0.15, 0.2) is 6.10 Å². The summed E-state index contributed by atoms with van der Waals surface area (Å²) in [5.74, 6) is -0.871. The standard InChI is InChI=1S/C65H118O6/c1-4-7-10-13-16-19-22-23-24-25-26-27-28-29-30-31-32-33-34-35-36-37-38-39-40-41-42-43-44-47-49-52-55-58-64(67)70-61-62(71-65(68)59-56-53-50-46-21-18-15-12-9-6-3)60-69-63(66)57-54-51-48-45-20-17-14-11-8-5-2/h12,15,22-23,25-26,28-29,62H,4-11,13-14,16-21,24,27,30-61H2,1-3H3/b15-12-,23-22-,26-25-,29-28-. The number of unbranched alkanes of at least 4 members (excludes halogenated alkanes) is 38. The molecule has 0 heterocycles. The minimum Gasteiger partial charge on any atom is -0.462 e. The fourth-order valence-electron chi connectivity index (χ4n) is 9.10. The van der Waals surface area contributed by atoms with E-state index in [1.54, 1.807) is 0 Å². The largest absolute Gasteiger partial charge is 0.462 e. The molecule has 0 radical (unpaired) electrons. The molecule has 0 saturated carbocycles. The second-order valence-corrected chi connectivity index (χ2v) is 21.0. The molecular formula is C65H118O6. The lowest BCUT2D eigenvalue weighted by atomic mass is 10.0. The highest BCUT2D eigenvalue weighted by atomic mass is 16.6. The molecule has 1 atom stereocenters. The van der Waals surface area contributed by atoms with E-state index in [9.17, 15) is 14.4 Å². The van der Waals surface area contributed by atoms with Crippen molar-refractivity contribution < 1.29 is 28.6 Å². The second kappa shape index (κ2) is 59.9. The lowest BCUT2D eigenvalue weighted by molar-refractivity contribution is -0.167. The molecule has 0 saturated heterocycles. The van der Waals surface area contributed by atoms with Gasteiger partial charge in [-0.05, 0) is 77.0 Å². The summed E-state index contributed by atoms with van der Waals surface area (Å²) in [5.41, 5.74) is 0. The molecule has 414 valence electrons. The van der Waals surface area contributed by atoms with Gasteiger partial charge in [0.25, 0.3) is 0 Å². The maximum Gasteiger partial charge on any atom is 0.306 e. The molecule has 0 fully saturated rings. The molecule has 71 heavy (non-hydrogen) atoms. The van der Waals surface area contributed by atoms with E-state index < -0.39 is 6.10 Å². The van der Waals surface area contributed by atoms with Crippen LogP contribution in [0.4, 0.5) is 0 Å². The number of ether oxygens (including phenoxy) is 3. The first-order chi connectivity index (χ1) is 35.0. The van der Waals surface area contributed by atoms with Crippen LogP contribution in [0.1, 0.15) is 329 Å². The Morgan fingerprint density at radius 1 is 0.282 bits per heavy atom. The number of allylic oxidation sites excluding steroid dienone is 8. The average Bonchev–Trinajstić information content (AvgIpc) is 3.37. The average molecular weight is 996 g/mol. The molecule has 1 unspecified atom stereocenters. The Morgan fingerprint density at radius 3 is 0.859 bits per heavy atom. The summed E-state index contributed by atoms with van der Waals surface area (Å²) < 4.78 is 16.8. The highest BCUT2D eigenvalue weighted by Gasteiger charge is 2.19. The monoisotopic (exact) mass is 995 g/mol. The summed E-state index contributed by atoms with van der Waals surface area (Å²) in [6.07, 6.45) is 74.4. The van der Waals surface area contributed by atoms with E-state index in [1.807, 2.05) is 0 Å². The lowest BCUT2D eigenvalue weighted by Gasteiger charge is -2.18. The molecule has 6 nitrogen and oxygen atoms in total. The zero-order valence-corrected chi connectivity index (χ0v) is 47.5. The van der Waals surface area contributed by atoms with Crippen molar-refractivity contribution in [2.24, 2.45) is 0 Å². The maximum absolute atomic E-state index is 12.8. The van der Waals surface area contributed by atoms with E-state index in [-0.39, 0.29) is 31.1 Å². The molecule has 0 bridgehead atoms. The van der Waals surface area contributed by atoms with Gasteiger partial charge in [0.2, 0.25) is 0 Å². The van der Waals surface area contributed by atoms with E-state index in [1.165, 1.54) is 199 Å². The Labute approximate surface area is 441 Å². The lowest BCUT2D eigenvalue weighted by Crippen LogP contribution is -2.30. The first kappa shape index (κ1) is 68.4.